The van der Waals surface area contributed by atoms with E-state index in [1.54, 1.807) is 0 Å². The number of hydrogen-bond acceptors (Lipinski definition) is 2. The van der Waals surface area contributed by atoms with Crippen LogP contribution in [0.25, 0.3) is 0 Å². The summed E-state index contributed by atoms with van der Waals surface area (Å²) in [6, 6.07) is 8.65. The van der Waals surface area contributed by atoms with Crippen LogP contribution in [0, 0.1) is 12.3 Å². The third-order valence-corrected chi connectivity index (χ3v) is 4.32. The van der Waals surface area contributed by atoms with Gasteiger partial charge in [-0.1, -0.05) is 19.1 Å². The summed E-state index contributed by atoms with van der Waals surface area (Å²) >= 11 is 5.37. The van der Waals surface area contributed by atoms with Gasteiger partial charge in [-0.15, -0.1) is 24.1 Å². The Labute approximate surface area is 111 Å². The molecule has 0 aliphatic rings. The number of halogens is 1. The fourth-order valence-electron chi connectivity index (χ4n) is 1.37. The van der Waals surface area contributed by atoms with E-state index in [1.807, 2.05) is 17.8 Å². The van der Waals surface area contributed by atoms with E-state index in [0.29, 0.717) is 6.04 Å². The molecule has 0 aromatic heterocycles. The molecule has 1 rings (SSSR count). The zero-order valence-corrected chi connectivity index (χ0v) is 11.8. The minimum atomic E-state index is 0.395. The molecule has 0 aliphatic carbocycles. The minimum absolute atomic E-state index is 0.395. The van der Waals surface area contributed by atoms with Crippen molar-refractivity contribution < 1.29 is 0 Å². The molecule has 0 spiro atoms. The van der Waals surface area contributed by atoms with Crippen LogP contribution in [-0.2, 0) is 0 Å². The fraction of sp³-hybridized carbons (Fsp3) is 0.385. The Morgan fingerprint density at radius 2 is 2.25 bits per heavy atom. The number of terminal acetylenes is 1. The molecule has 1 nitrogen and oxygen atoms in total. The third kappa shape index (κ3) is 4.61. The second-order valence-electron chi connectivity index (χ2n) is 3.40. The van der Waals surface area contributed by atoms with Crippen molar-refractivity contribution in [1.29, 1.82) is 0 Å². The number of benzene rings is 1. The van der Waals surface area contributed by atoms with Crippen molar-refractivity contribution in [3.8, 4) is 12.3 Å². The topological polar surface area (TPSA) is 12.0 Å². The molecule has 0 saturated carbocycles. The van der Waals surface area contributed by atoms with E-state index in [-0.39, 0.29) is 0 Å². The van der Waals surface area contributed by atoms with Gasteiger partial charge >= 0.3 is 0 Å². The van der Waals surface area contributed by atoms with Crippen molar-refractivity contribution in [2.75, 3.05) is 12.3 Å². The molecule has 0 amide bonds. The highest BCUT2D eigenvalue weighted by Crippen LogP contribution is 2.27. The lowest BCUT2D eigenvalue weighted by atomic mass is 10.2. The molecule has 0 fully saturated rings. The Morgan fingerprint density at radius 1 is 1.50 bits per heavy atom. The number of thioether (sulfide) groups is 1. The van der Waals surface area contributed by atoms with Gasteiger partial charge in [0, 0.05) is 27.6 Å². The summed E-state index contributed by atoms with van der Waals surface area (Å²) in [5, 5.41) is 3.39. The van der Waals surface area contributed by atoms with E-state index in [0.717, 1.165) is 23.2 Å². The average Bonchev–Trinajstić information content (AvgIpc) is 2.28. The Hall–Kier alpha value is -0.430. The molecule has 0 saturated heterocycles. The summed E-state index contributed by atoms with van der Waals surface area (Å²) in [4.78, 5) is 1.27. The molecule has 1 atom stereocenters. The number of hydrogen-bond donors (Lipinski definition) is 1. The van der Waals surface area contributed by atoms with Crippen LogP contribution in [0.5, 0.6) is 0 Å². The quantitative estimate of drug-likeness (QED) is 0.637. The standard InChI is InChI=1S/C13H16BrNS/c1-3-7-11(15-4-2)10-16-13-9-6-5-8-12(13)14/h1,5-6,8-9,11,15H,4,7,10H2,2H3. The second-order valence-corrected chi connectivity index (χ2v) is 5.32. The van der Waals surface area contributed by atoms with Gasteiger partial charge in [0.2, 0.25) is 0 Å². The molecular formula is C13H16BrNS. The largest absolute Gasteiger partial charge is 0.312 e. The highest BCUT2D eigenvalue weighted by atomic mass is 79.9. The van der Waals surface area contributed by atoms with Crippen LogP contribution in [0.15, 0.2) is 33.6 Å². The van der Waals surface area contributed by atoms with Gasteiger partial charge in [0.05, 0.1) is 0 Å². The Morgan fingerprint density at radius 3 is 2.88 bits per heavy atom. The van der Waals surface area contributed by atoms with Crippen molar-refractivity contribution >= 4 is 27.7 Å². The summed E-state index contributed by atoms with van der Waals surface area (Å²) in [7, 11) is 0. The molecule has 0 radical (unpaired) electrons. The molecule has 1 aromatic rings. The van der Waals surface area contributed by atoms with Crippen LogP contribution in [0.1, 0.15) is 13.3 Å². The predicted octanol–water partition coefficient (Wildman–Crippen LogP) is 3.54. The van der Waals surface area contributed by atoms with Crippen molar-refractivity contribution in [2.45, 2.75) is 24.3 Å². The van der Waals surface area contributed by atoms with E-state index < -0.39 is 0 Å². The van der Waals surface area contributed by atoms with Crippen molar-refractivity contribution in [3.05, 3.63) is 28.7 Å². The van der Waals surface area contributed by atoms with Gasteiger partial charge in [0.25, 0.3) is 0 Å². The van der Waals surface area contributed by atoms with Gasteiger partial charge in [-0.2, -0.15) is 0 Å². The van der Waals surface area contributed by atoms with E-state index in [2.05, 4.69) is 52.3 Å². The normalized spacial score (nSPS) is 12.1. The average molecular weight is 298 g/mol. The highest BCUT2D eigenvalue weighted by Gasteiger charge is 2.07. The lowest BCUT2D eigenvalue weighted by Gasteiger charge is -2.14. The Bertz CT molecular complexity index is 359. The van der Waals surface area contributed by atoms with Gasteiger partial charge in [0.15, 0.2) is 0 Å². The minimum Gasteiger partial charge on any atom is -0.312 e. The van der Waals surface area contributed by atoms with Gasteiger partial charge in [-0.3, -0.25) is 0 Å². The van der Waals surface area contributed by atoms with Gasteiger partial charge in [-0.25, -0.2) is 0 Å². The molecule has 16 heavy (non-hydrogen) atoms. The van der Waals surface area contributed by atoms with Crippen LogP contribution in [0.4, 0.5) is 0 Å². The summed E-state index contributed by atoms with van der Waals surface area (Å²) in [5.41, 5.74) is 0. The molecule has 1 unspecified atom stereocenters. The molecule has 1 aromatic carbocycles. The van der Waals surface area contributed by atoms with Gasteiger partial charge in [0.1, 0.15) is 0 Å². The maximum absolute atomic E-state index is 5.35. The monoisotopic (exact) mass is 297 g/mol. The molecule has 0 aliphatic heterocycles. The van der Waals surface area contributed by atoms with Gasteiger partial charge in [-0.05, 0) is 34.6 Å². The molecule has 0 heterocycles. The molecule has 0 bridgehead atoms. The SMILES string of the molecule is C#CCC(CSc1ccccc1Br)NCC. The fourth-order valence-corrected chi connectivity index (χ4v) is 3.00. The lowest BCUT2D eigenvalue weighted by Crippen LogP contribution is -2.30. The summed E-state index contributed by atoms with van der Waals surface area (Å²) in [6.07, 6.45) is 6.13. The number of rotatable bonds is 6. The van der Waals surface area contributed by atoms with Gasteiger partial charge < -0.3 is 5.32 Å². The van der Waals surface area contributed by atoms with Crippen molar-refractivity contribution in [2.24, 2.45) is 0 Å². The first-order chi connectivity index (χ1) is 7.77. The summed E-state index contributed by atoms with van der Waals surface area (Å²) in [6.45, 7) is 3.06. The van der Waals surface area contributed by atoms with Crippen LogP contribution in [0.2, 0.25) is 0 Å². The van der Waals surface area contributed by atoms with E-state index in [1.165, 1.54) is 4.90 Å². The van der Waals surface area contributed by atoms with E-state index in [4.69, 9.17) is 6.42 Å². The predicted molar refractivity (Wildman–Crippen MR) is 75.8 cm³/mol. The molecule has 86 valence electrons. The zero-order chi connectivity index (χ0) is 11.8. The Balaban J connectivity index is 2.49. The van der Waals surface area contributed by atoms with E-state index >= 15 is 0 Å². The first-order valence-corrected chi connectivity index (χ1v) is 7.10. The van der Waals surface area contributed by atoms with Crippen LogP contribution >= 0.6 is 27.7 Å². The molecule has 3 heteroatoms. The van der Waals surface area contributed by atoms with Crippen molar-refractivity contribution in [3.63, 3.8) is 0 Å². The van der Waals surface area contributed by atoms with E-state index in [9.17, 15) is 0 Å². The molecular weight excluding hydrogens is 282 g/mol. The second kappa shape index (κ2) is 7.78. The lowest BCUT2D eigenvalue weighted by molar-refractivity contribution is 0.588. The third-order valence-electron chi connectivity index (χ3n) is 2.13. The van der Waals surface area contributed by atoms with Crippen LogP contribution < -0.4 is 5.32 Å². The van der Waals surface area contributed by atoms with Crippen LogP contribution in [0.3, 0.4) is 0 Å². The summed E-state index contributed by atoms with van der Waals surface area (Å²) in [5.74, 6) is 3.72. The maximum Gasteiger partial charge on any atom is 0.0311 e. The zero-order valence-electron chi connectivity index (χ0n) is 9.37. The summed E-state index contributed by atoms with van der Waals surface area (Å²) < 4.78 is 1.15. The van der Waals surface area contributed by atoms with Crippen LogP contribution in [-0.4, -0.2) is 18.3 Å². The maximum atomic E-state index is 5.35. The number of nitrogens with one attached hydrogen (secondary N) is 1. The van der Waals surface area contributed by atoms with Crippen molar-refractivity contribution in [1.82, 2.24) is 5.32 Å². The Kier molecular flexibility index (Phi) is 6.63. The smallest absolute Gasteiger partial charge is 0.0311 e. The first kappa shape index (κ1) is 13.6. The molecule has 1 N–H and O–H groups in total. The highest BCUT2D eigenvalue weighted by molar-refractivity contribution is 9.10. The first-order valence-electron chi connectivity index (χ1n) is 5.32.